The number of benzene rings is 1. The Balaban J connectivity index is 1.85. The predicted molar refractivity (Wildman–Crippen MR) is 106 cm³/mol. The van der Waals surface area contributed by atoms with Crippen molar-refractivity contribution >= 4 is 6.08 Å². The molecule has 1 saturated carbocycles. The highest BCUT2D eigenvalue weighted by molar-refractivity contribution is 5.68. The molecular weight excluding hydrogens is 320 g/mol. The Labute approximate surface area is 155 Å². The average Bonchev–Trinajstić information content (AvgIpc) is 3.18. The Hall–Kier alpha value is -2.03. The van der Waals surface area contributed by atoms with Gasteiger partial charge in [-0.15, -0.1) is 0 Å². The SMILES string of the molecule is Cc1ccc(-n2c(=O)c3c(n2C)C2(C)CCC3C2)c2c1C=CCC2(C)C. The van der Waals surface area contributed by atoms with Crippen molar-refractivity contribution in [3.8, 4) is 5.69 Å². The Morgan fingerprint density at radius 1 is 1.19 bits per heavy atom. The Morgan fingerprint density at radius 3 is 2.69 bits per heavy atom. The molecule has 0 spiro atoms. The van der Waals surface area contributed by atoms with Crippen LogP contribution in [0.4, 0.5) is 0 Å². The van der Waals surface area contributed by atoms with E-state index in [1.54, 1.807) is 0 Å². The lowest BCUT2D eigenvalue weighted by atomic mass is 9.74. The van der Waals surface area contributed by atoms with E-state index in [4.69, 9.17) is 0 Å². The maximum Gasteiger partial charge on any atom is 0.275 e. The number of rotatable bonds is 1. The molecule has 2 bridgehead atoms. The molecule has 1 aromatic carbocycles. The third-order valence-corrected chi connectivity index (χ3v) is 7.28. The van der Waals surface area contributed by atoms with E-state index < -0.39 is 0 Å². The lowest BCUT2D eigenvalue weighted by Crippen LogP contribution is -2.29. The number of fused-ring (bicyclic) bond motifs is 6. The van der Waals surface area contributed by atoms with E-state index in [0.717, 1.165) is 24.1 Å². The fourth-order valence-corrected chi connectivity index (χ4v) is 6.07. The van der Waals surface area contributed by atoms with Gasteiger partial charge in [0.05, 0.1) is 5.69 Å². The van der Waals surface area contributed by atoms with E-state index in [2.05, 4.69) is 63.7 Å². The van der Waals surface area contributed by atoms with Gasteiger partial charge in [-0.2, -0.15) is 0 Å². The van der Waals surface area contributed by atoms with Crippen molar-refractivity contribution in [3.63, 3.8) is 0 Å². The van der Waals surface area contributed by atoms with Crippen LogP contribution in [0.15, 0.2) is 23.0 Å². The minimum absolute atomic E-state index is 0.0302. The van der Waals surface area contributed by atoms with E-state index >= 15 is 0 Å². The van der Waals surface area contributed by atoms with Gasteiger partial charge in [0.25, 0.3) is 5.56 Å². The molecule has 2 aromatic rings. The molecule has 0 amide bonds. The summed E-state index contributed by atoms with van der Waals surface area (Å²) in [6.07, 6.45) is 9.06. The maximum atomic E-state index is 13.5. The second kappa shape index (κ2) is 4.82. The number of hydrogen-bond donors (Lipinski definition) is 0. The first-order chi connectivity index (χ1) is 12.2. The molecule has 3 nitrogen and oxygen atoms in total. The molecule has 136 valence electrons. The number of nitrogens with zero attached hydrogens (tertiary/aromatic N) is 2. The molecule has 3 aliphatic rings. The fourth-order valence-electron chi connectivity index (χ4n) is 6.07. The van der Waals surface area contributed by atoms with Crippen LogP contribution in [0, 0.1) is 6.92 Å². The molecule has 0 aliphatic heterocycles. The molecule has 3 aliphatic carbocycles. The van der Waals surface area contributed by atoms with Gasteiger partial charge in [-0.1, -0.05) is 39.0 Å². The zero-order valence-electron chi connectivity index (χ0n) is 16.5. The summed E-state index contributed by atoms with van der Waals surface area (Å²) in [7, 11) is 2.09. The molecule has 0 N–H and O–H groups in total. The second-order valence-electron chi connectivity index (χ2n) is 9.58. The highest BCUT2D eigenvalue weighted by Crippen LogP contribution is 2.56. The zero-order chi connectivity index (χ0) is 18.4. The molecular formula is C23H28N2O. The fraction of sp³-hybridized carbons (Fsp3) is 0.522. The summed E-state index contributed by atoms with van der Waals surface area (Å²) in [4.78, 5) is 13.5. The zero-order valence-corrected chi connectivity index (χ0v) is 16.5. The van der Waals surface area contributed by atoms with Crippen LogP contribution in [-0.4, -0.2) is 9.36 Å². The minimum atomic E-state index is 0.0302. The third kappa shape index (κ3) is 1.81. The van der Waals surface area contributed by atoms with E-state index in [1.807, 2.05) is 4.68 Å². The summed E-state index contributed by atoms with van der Waals surface area (Å²) in [6, 6.07) is 4.33. The van der Waals surface area contributed by atoms with Crippen LogP contribution in [0.2, 0.25) is 0 Å². The van der Waals surface area contributed by atoms with E-state index in [-0.39, 0.29) is 16.4 Å². The van der Waals surface area contributed by atoms with Crippen LogP contribution in [0.25, 0.3) is 11.8 Å². The molecule has 1 heterocycles. The largest absolute Gasteiger partial charge is 0.284 e. The number of aromatic nitrogens is 2. The molecule has 5 rings (SSSR count). The van der Waals surface area contributed by atoms with Crippen LogP contribution in [0.3, 0.4) is 0 Å². The lowest BCUT2D eigenvalue weighted by molar-refractivity contribution is 0.444. The van der Waals surface area contributed by atoms with E-state index in [0.29, 0.717) is 5.92 Å². The summed E-state index contributed by atoms with van der Waals surface area (Å²) in [5.74, 6) is 0.462. The number of allylic oxidation sites excluding steroid dienone is 1. The highest BCUT2D eigenvalue weighted by atomic mass is 16.1. The van der Waals surface area contributed by atoms with Crippen molar-refractivity contribution in [1.82, 2.24) is 9.36 Å². The third-order valence-electron chi connectivity index (χ3n) is 7.28. The average molecular weight is 348 g/mol. The second-order valence-corrected chi connectivity index (χ2v) is 9.58. The normalized spacial score (nSPS) is 27.7. The highest BCUT2D eigenvalue weighted by Gasteiger charge is 2.50. The van der Waals surface area contributed by atoms with Crippen LogP contribution >= 0.6 is 0 Å². The van der Waals surface area contributed by atoms with Crippen molar-refractivity contribution in [2.75, 3.05) is 0 Å². The number of aryl methyl sites for hydroxylation is 1. The van der Waals surface area contributed by atoms with Gasteiger partial charge in [0.2, 0.25) is 0 Å². The van der Waals surface area contributed by atoms with Crippen molar-refractivity contribution in [2.24, 2.45) is 7.05 Å². The van der Waals surface area contributed by atoms with Gasteiger partial charge < -0.3 is 0 Å². The van der Waals surface area contributed by atoms with Gasteiger partial charge in [0, 0.05) is 23.7 Å². The summed E-state index contributed by atoms with van der Waals surface area (Å²) < 4.78 is 4.15. The summed E-state index contributed by atoms with van der Waals surface area (Å²) >= 11 is 0. The van der Waals surface area contributed by atoms with Gasteiger partial charge in [-0.05, 0) is 66.7 Å². The Kier molecular flexibility index (Phi) is 3.00. The van der Waals surface area contributed by atoms with Gasteiger partial charge in [0.15, 0.2) is 0 Å². The quantitative estimate of drug-likeness (QED) is 0.733. The molecule has 1 aromatic heterocycles. The smallest absolute Gasteiger partial charge is 0.275 e. The van der Waals surface area contributed by atoms with Crippen molar-refractivity contribution in [1.29, 1.82) is 0 Å². The monoisotopic (exact) mass is 348 g/mol. The van der Waals surface area contributed by atoms with Gasteiger partial charge >= 0.3 is 0 Å². The first-order valence-corrected chi connectivity index (χ1v) is 9.88. The Morgan fingerprint density at radius 2 is 1.96 bits per heavy atom. The van der Waals surface area contributed by atoms with Crippen molar-refractivity contribution < 1.29 is 0 Å². The summed E-state index contributed by atoms with van der Waals surface area (Å²) in [6.45, 7) is 9.11. The maximum absolute atomic E-state index is 13.5. The number of hydrogen-bond acceptors (Lipinski definition) is 1. The minimum Gasteiger partial charge on any atom is -0.284 e. The standard InChI is InChI=1S/C23H28N2O/c1-14-8-9-17(19-16(14)7-6-11-22(19,2)3)25-21(26)18-15-10-12-23(4,13-15)20(18)24(25)5/h6-9,15H,10-13H2,1-5H3. The van der Waals surface area contributed by atoms with Gasteiger partial charge in [0.1, 0.15) is 0 Å². The van der Waals surface area contributed by atoms with Crippen LogP contribution in [0.5, 0.6) is 0 Å². The molecule has 2 unspecified atom stereocenters. The predicted octanol–water partition coefficient (Wildman–Crippen LogP) is 4.72. The molecule has 0 saturated heterocycles. The first kappa shape index (κ1) is 16.2. The molecule has 0 radical (unpaired) electrons. The van der Waals surface area contributed by atoms with Crippen LogP contribution < -0.4 is 5.56 Å². The topological polar surface area (TPSA) is 26.9 Å². The van der Waals surface area contributed by atoms with Crippen molar-refractivity contribution in [3.05, 3.63) is 56.5 Å². The lowest BCUT2D eigenvalue weighted by Gasteiger charge is -2.33. The van der Waals surface area contributed by atoms with Gasteiger partial charge in [-0.3, -0.25) is 9.48 Å². The molecule has 3 heteroatoms. The van der Waals surface area contributed by atoms with Crippen LogP contribution in [0.1, 0.15) is 80.3 Å². The van der Waals surface area contributed by atoms with E-state index in [1.165, 1.54) is 35.2 Å². The Bertz CT molecular complexity index is 1030. The molecule has 1 fully saturated rings. The van der Waals surface area contributed by atoms with Gasteiger partial charge in [-0.25, -0.2) is 4.68 Å². The molecule has 2 atom stereocenters. The molecule has 26 heavy (non-hydrogen) atoms. The summed E-state index contributed by atoms with van der Waals surface area (Å²) in [5, 5.41) is 0. The summed E-state index contributed by atoms with van der Waals surface area (Å²) in [5.41, 5.74) is 7.78. The first-order valence-electron chi connectivity index (χ1n) is 9.88. The van der Waals surface area contributed by atoms with Crippen molar-refractivity contribution in [2.45, 2.75) is 70.1 Å². The van der Waals surface area contributed by atoms with Crippen LogP contribution in [-0.2, 0) is 17.9 Å². The van der Waals surface area contributed by atoms with E-state index in [9.17, 15) is 4.79 Å².